The molecule has 2 nitrogen and oxygen atoms in total. The van der Waals surface area contributed by atoms with Gasteiger partial charge >= 0.3 is 0 Å². The molecule has 2 heteroatoms. The van der Waals surface area contributed by atoms with Gasteiger partial charge in [0, 0.05) is 17.0 Å². The number of nitrogens with zero attached hydrogens (tertiary/aromatic N) is 2. The lowest BCUT2D eigenvalue weighted by Crippen LogP contribution is -2.27. The second-order valence-corrected chi connectivity index (χ2v) is 15.8. The Balaban J connectivity index is 1.11. The monoisotopic (exact) mass is 704 g/mol. The Labute approximate surface area is 323 Å². The van der Waals surface area contributed by atoms with E-state index in [9.17, 15) is 0 Å². The predicted molar refractivity (Wildman–Crippen MR) is 227 cm³/mol. The Morgan fingerprint density at radius 3 is 1.89 bits per heavy atom. The summed E-state index contributed by atoms with van der Waals surface area (Å²) in [6.45, 7) is 4.65. The van der Waals surface area contributed by atoms with Crippen LogP contribution in [-0.2, 0) is 5.41 Å². The molecule has 7 aromatic rings. The van der Waals surface area contributed by atoms with Crippen molar-refractivity contribution in [2.24, 2.45) is 5.92 Å². The lowest BCUT2D eigenvalue weighted by molar-refractivity contribution is 0.634. The standard InChI is InChI=1S/C53H40N2/c1-33-20-29-48-45(30-33)44-28-26-39(31-49(44)53(48)46-18-10-8-16-42(46)43-17-9-11-19-47(43)53)51-32-50(38-23-21-36(22-24-38)35-12-4-3-5-13-35)54-52(55-51)41-27-25-37-14-6-7-15-40(37)34(41)2/h3-29,31-34,41H,30H2,1-2H3. The highest BCUT2D eigenvalue weighted by Crippen LogP contribution is 2.63. The van der Waals surface area contributed by atoms with E-state index in [-0.39, 0.29) is 17.3 Å². The van der Waals surface area contributed by atoms with Crippen molar-refractivity contribution in [3.05, 3.63) is 215 Å². The summed E-state index contributed by atoms with van der Waals surface area (Å²) in [5.74, 6) is 1.64. The van der Waals surface area contributed by atoms with Crippen molar-refractivity contribution in [1.82, 2.24) is 9.97 Å². The minimum Gasteiger partial charge on any atom is -0.232 e. The maximum absolute atomic E-state index is 5.48. The molecule has 262 valence electrons. The van der Waals surface area contributed by atoms with Crippen molar-refractivity contribution in [1.29, 1.82) is 0 Å². The van der Waals surface area contributed by atoms with Crippen LogP contribution >= 0.6 is 0 Å². The van der Waals surface area contributed by atoms with Crippen LogP contribution in [0.3, 0.4) is 0 Å². The number of rotatable bonds is 4. The third-order valence-electron chi connectivity index (χ3n) is 12.7. The van der Waals surface area contributed by atoms with Crippen LogP contribution in [0, 0.1) is 5.92 Å². The fourth-order valence-corrected chi connectivity index (χ4v) is 10.0. The molecule has 0 amide bonds. The molecule has 3 atom stereocenters. The van der Waals surface area contributed by atoms with Crippen molar-refractivity contribution in [3.8, 4) is 44.8 Å². The topological polar surface area (TPSA) is 25.8 Å². The average Bonchev–Trinajstić information content (AvgIpc) is 3.70. The zero-order chi connectivity index (χ0) is 36.7. The van der Waals surface area contributed by atoms with E-state index >= 15 is 0 Å². The largest absolute Gasteiger partial charge is 0.232 e. The Hall–Kier alpha value is -6.38. The summed E-state index contributed by atoms with van der Waals surface area (Å²) in [4.78, 5) is 10.9. The SMILES string of the molecule is CC1C=CC2=C(C1)c1ccc(-c3cc(-c4ccc(-c5ccccc5)cc4)nc(C4C=Cc5ccccc5C4C)n3)cc1C21c2ccccc2-c2ccccc21. The van der Waals surface area contributed by atoms with Gasteiger partial charge in [0.15, 0.2) is 0 Å². The molecule has 4 aliphatic carbocycles. The summed E-state index contributed by atoms with van der Waals surface area (Å²) in [6, 6.07) is 55.7. The van der Waals surface area contributed by atoms with Crippen LogP contribution < -0.4 is 0 Å². The van der Waals surface area contributed by atoms with Crippen molar-refractivity contribution in [2.75, 3.05) is 0 Å². The molecule has 3 unspecified atom stereocenters. The Kier molecular flexibility index (Phi) is 7.19. The van der Waals surface area contributed by atoms with Gasteiger partial charge in [0.1, 0.15) is 5.82 Å². The number of fused-ring (bicyclic) bond motifs is 10. The van der Waals surface area contributed by atoms with Crippen molar-refractivity contribution < 1.29 is 0 Å². The first kappa shape index (κ1) is 32.1. The summed E-state index contributed by atoms with van der Waals surface area (Å²) in [5.41, 5.74) is 19.8. The molecule has 4 aliphatic rings. The molecular weight excluding hydrogens is 665 g/mol. The molecule has 0 saturated carbocycles. The van der Waals surface area contributed by atoms with Gasteiger partial charge in [-0.2, -0.15) is 0 Å². The molecular formula is C53H40N2. The zero-order valence-electron chi connectivity index (χ0n) is 31.1. The Morgan fingerprint density at radius 2 is 1.13 bits per heavy atom. The lowest BCUT2D eigenvalue weighted by atomic mass is 9.68. The summed E-state index contributed by atoms with van der Waals surface area (Å²) in [5, 5.41) is 0. The number of aromatic nitrogens is 2. The van der Waals surface area contributed by atoms with Gasteiger partial charge in [-0.3, -0.25) is 0 Å². The maximum Gasteiger partial charge on any atom is 0.137 e. The lowest BCUT2D eigenvalue weighted by Gasteiger charge is -2.32. The number of allylic oxidation sites excluding steroid dienone is 5. The molecule has 0 radical (unpaired) electrons. The van der Waals surface area contributed by atoms with Crippen LogP contribution in [0.15, 0.2) is 175 Å². The molecule has 1 aromatic heterocycles. The van der Waals surface area contributed by atoms with Gasteiger partial charge in [0.25, 0.3) is 0 Å². The van der Waals surface area contributed by atoms with Crippen molar-refractivity contribution in [2.45, 2.75) is 37.5 Å². The summed E-state index contributed by atoms with van der Waals surface area (Å²) >= 11 is 0. The van der Waals surface area contributed by atoms with E-state index in [0.29, 0.717) is 5.92 Å². The molecule has 0 saturated heterocycles. The summed E-state index contributed by atoms with van der Waals surface area (Å²) in [7, 11) is 0. The second-order valence-electron chi connectivity index (χ2n) is 15.8. The summed E-state index contributed by atoms with van der Waals surface area (Å²) < 4.78 is 0. The van der Waals surface area contributed by atoms with Crippen LogP contribution in [0.25, 0.3) is 56.4 Å². The van der Waals surface area contributed by atoms with Gasteiger partial charge in [-0.15, -0.1) is 0 Å². The van der Waals surface area contributed by atoms with E-state index in [2.05, 4.69) is 190 Å². The fraction of sp³-hybridized carbons (Fsp3) is 0.132. The minimum atomic E-state index is -0.374. The molecule has 0 bridgehead atoms. The van der Waals surface area contributed by atoms with Gasteiger partial charge in [-0.1, -0.05) is 178 Å². The van der Waals surface area contributed by atoms with Crippen LogP contribution in [0.1, 0.15) is 71.3 Å². The molecule has 11 rings (SSSR count). The highest BCUT2D eigenvalue weighted by molar-refractivity contribution is 5.96. The van der Waals surface area contributed by atoms with E-state index < -0.39 is 0 Å². The Morgan fingerprint density at radius 1 is 0.509 bits per heavy atom. The number of hydrogen-bond donors (Lipinski definition) is 0. The van der Waals surface area contributed by atoms with Gasteiger partial charge in [-0.05, 0) is 97.2 Å². The van der Waals surface area contributed by atoms with Crippen LogP contribution in [0.2, 0.25) is 0 Å². The quantitative estimate of drug-likeness (QED) is 0.182. The molecule has 0 fully saturated rings. The van der Waals surface area contributed by atoms with E-state index in [1.165, 1.54) is 66.8 Å². The van der Waals surface area contributed by atoms with E-state index in [1.54, 1.807) is 0 Å². The van der Waals surface area contributed by atoms with Crippen LogP contribution in [0.4, 0.5) is 0 Å². The highest BCUT2D eigenvalue weighted by atomic mass is 14.9. The highest BCUT2D eigenvalue weighted by Gasteiger charge is 2.52. The van der Waals surface area contributed by atoms with E-state index in [1.807, 2.05) is 0 Å². The number of hydrogen-bond acceptors (Lipinski definition) is 2. The summed E-state index contributed by atoms with van der Waals surface area (Å²) in [6.07, 6.45) is 10.5. The third-order valence-corrected chi connectivity index (χ3v) is 12.7. The van der Waals surface area contributed by atoms with Gasteiger partial charge in [0.05, 0.1) is 16.8 Å². The maximum atomic E-state index is 5.48. The second kappa shape index (κ2) is 12.3. The van der Waals surface area contributed by atoms with Crippen LogP contribution in [-0.4, -0.2) is 9.97 Å². The first-order chi connectivity index (χ1) is 27.1. The molecule has 1 heterocycles. The first-order valence-electron chi connectivity index (χ1n) is 19.7. The smallest absolute Gasteiger partial charge is 0.137 e. The van der Waals surface area contributed by atoms with Gasteiger partial charge in [0.2, 0.25) is 0 Å². The van der Waals surface area contributed by atoms with Crippen molar-refractivity contribution in [3.63, 3.8) is 0 Å². The molecule has 55 heavy (non-hydrogen) atoms. The normalized spacial score (nSPS) is 19.5. The molecule has 0 N–H and O–H groups in total. The average molecular weight is 705 g/mol. The van der Waals surface area contributed by atoms with E-state index in [4.69, 9.17) is 9.97 Å². The molecule has 6 aromatic carbocycles. The number of benzene rings is 6. The fourth-order valence-electron chi connectivity index (χ4n) is 10.0. The first-order valence-corrected chi connectivity index (χ1v) is 19.7. The molecule has 0 aliphatic heterocycles. The predicted octanol–water partition coefficient (Wildman–Crippen LogP) is 13.1. The van der Waals surface area contributed by atoms with Crippen molar-refractivity contribution >= 4 is 11.6 Å². The molecule has 1 spiro atoms. The zero-order valence-corrected chi connectivity index (χ0v) is 31.1. The van der Waals surface area contributed by atoms with Gasteiger partial charge < -0.3 is 0 Å². The Bertz CT molecular complexity index is 2720. The van der Waals surface area contributed by atoms with Gasteiger partial charge in [-0.25, -0.2) is 9.97 Å². The third kappa shape index (κ3) is 4.80. The minimum absolute atomic E-state index is 0.0483. The van der Waals surface area contributed by atoms with Crippen LogP contribution in [0.5, 0.6) is 0 Å². The van der Waals surface area contributed by atoms with E-state index in [0.717, 1.165) is 34.8 Å².